The zero-order chi connectivity index (χ0) is 30.3. The van der Waals surface area contributed by atoms with Crippen molar-refractivity contribution in [2.24, 2.45) is 5.41 Å². The van der Waals surface area contributed by atoms with Gasteiger partial charge in [-0.05, 0) is 59.3 Å². The van der Waals surface area contributed by atoms with Crippen molar-refractivity contribution in [3.63, 3.8) is 0 Å². The van der Waals surface area contributed by atoms with Crippen molar-refractivity contribution in [1.82, 2.24) is 19.7 Å². The van der Waals surface area contributed by atoms with Gasteiger partial charge < -0.3 is 14.7 Å². The van der Waals surface area contributed by atoms with Crippen LogP contribution in [0.2, 0.25) is 10.0 Å². The van der Waals surface area contributed by atoms with Gasteiger partial charge in [0, 0.05) is 18.9 Å². The smallest absolute Gasteiger partial charge is 0.433 e. The molecule has 1 saturated carbocycles. The second-order valence-corrected chi connectivity index (χ2v) is 12.4. The van der Waals surface area contributed by atoms with E-state index in [1.54, 1.807) is 6.92 Å². The highest BCUT2D eigenvalue weighted by atomic mass is 35.5. The number of nitrogens with zero attached hydrogens (tertiary/aromatic N) is 4. The van der Waals surface area contributed by atoms with E-state index >= 15 is 0 Å². The van der Waals surface area contributed by atoms with Crippen molar-refractivity contribution in [3.05, 3.63) is 45.5 Å². The number of rotatable bonds is 8. The molecule has 0 bridgehead atoms. The van der Waals surface area contributed by atoms with Crippen LogP contribution in [-0.4, -0.2) is 67.2 Å². The van der Waals surface area contributed by atoms with E-state index < -0.39 is 64.8 Å². The maximum atomic E-state index is 14.5. The number of hydrogen-bond donors (Lipinski definition) is 1. The molecule has 0 unspecified atom stereocenters. The highest BCUT2D eigenvalue weighted by Gasteiger charge is 2.45. The highest BCUT2D eigenvalue weighted by molar-refractivity contribution is 6.39. The summed E-state index contributed by atoms with van der Waals surface area (Å²) in [4.78, 5) is 43.5. The zero-order valence-corrected chi connectivity index (χ0v) is 24.3. The number of carbonyl (C=O) groups excluding carboxylic acids is 2. The Labute approximate surface area is 244 Å². The van der Waals surface area contributed by atoms with Gasteiger partial charge in [0.25, 0.3) is 5.91 Å². The number of aliphatic carboxylic acids is 1. The lowest BCUT2D eigenvalue weighted by molar-refractivity contribution is -0.152. The quantitative estimate of drug-likeness (QED) is 0.356. The average Bonchev–Trinajstić information content (AvgIpc) is 3.46. The van der Waals surface area contributed by atoms with Crippen molar-refractivity contribution in [2.75, 3.05) is 13.1 Å². The number of Topliss-reactive ketones (excluding diaryl/α,β-unsaturated/α-hetero) is 1. The maximum absolute atomic E-state index is 14.5. The molecule has 1 aliphatic heterocycles. The van der Waals surface area contributed by atoms with Gasteiger partial charge in [-0.25, -0.2) is 0 Å². The van der Waals surface area contributed by atoms with Crippen LogP contribution in [0.4, 0.5) is 13.2 Å². The number of aromatic nitrogens is 3. The molecule has 2 aromatic rings. The summed E-state index contributed by atoms with van der Waals surface area (Å²) in [5.74, 6) is -2.72. The molecule has 2 aliphatic rings. The number of halogens is 5. The normalized spacial score (nSPS) is 24.3. The van der Waals surface area contributed by atoms with Crippen molar-refractivity contribution < 1.29 is 37.4 Å². The number of ketones is 1. The molecular formula is C27H31Cl2F3N4O5. The van der Waals surface area contributed by atoms with Gasteiger partial charge in [-0.3, -0.25) is 24.0 Å². The van der Waals surface area contributed by atoms with Crippen LogP contribution in [-0.2, 0) is 15.7 Å². The van der Waals surface area contributed by atoms with Crippen LogP contribution in [0, 0.1) is 5.41 Å². The molecule has 2 fully saturated rings. The molecule has 0 aromatic carbocycles. The zero-order valence-electron chi connectivity index (χ0n) is 22.8. The van der Waals surface area contributed by atoms with E-state index in [2.05, 4.69) is 10.1 Å². The van der Waals surface area contributed by atoms with E-state index in [4.69, 9.17) is 27.9 Å². The van der Waals surface area contributed by atoms with Crippen LogP contribution >= 0.6 is 23.2 Å². The Bertz CT molecular complexity index is 1320. The predicted molar refractivity (Wildman–Crippen MR) is 143 cm³/mol. The van der Waals surface area contributed by atoms with Crippen LogP contribution in [0.3, 0.4) is 0 Å². The molecule has 224 valence electrons. The third kappa shape index (κ3) is 6.70. The standard InChI is InChI=1S/C27H31Cl2F3N4O5/c1-25(2)7-6-16(41-25)13-35(14-20(37)21-18(28)11-33-12-19(21)29)23(38)17-10-34-36(22(17)27(30,31)32)15-4-8-26(3,9-5-15)24(39)40/h10-12,15-16H,4-9,13-14H2,1-3H3,(H,39,40)/t15?,16-,26?/m1/s1. The summed E-state index contributed by atoms with van der Waals surface area (Å²) in [6.07, 6.45) is -0.361. The van der Waals surface area contributed by atoms with Crippen molar-refractivity contribution >= 4 is 40.9 Å². The third-order valence-electron chi connectivity index (χ3n) is 7.95. The Morgan fingerprint density at radius 2 is 1.68 bits per heavy atom. The summed E-state index contributed by atoms with van der Waals surface area (Å²) in [5.41, 5.74) is -3.57. The van der Waals surface area contributed by atoms with Gasteiger partial charge in [0.2, 0.25) is 0 Å². The molecule has 4 rings (SSSR count). The Balaban J connectivity index is 1.67. The molecule has 1 saturated heterocycles. The first-order chi connectivity index (χ1) is 19.0. The SMILES string of the molecule is CC1(C)CC[C@H](CN(CC(=O)c2c(Cl)cncc2Cl)C(=O)c2cnn(C3CCC(C)(C(=O)O)CC3)c2C(F)(F)F)O1. The van der Waals surface area contributed by atoms with Gasteiger partial charge in [0.05, 0.1) is 57.1 Å². The van der Waals surface area contributed by atoms with Gasteiger partial charge in [-0.15, -0.1) is 0 Å². The monoisotopic (exact) mass is 618 g/mol. The van der Waals surface area contributed by atoms with Crippen LogP contribution < -0.4 is 0 Å². The third-order valence-corrected chi connectivity index (χ3v) is 8.52. The minimum absolute atomic E-state index is 0.0531. The second-order valence-electron chi connectivity index (χ2n) is 11.6. The average molecular weight is 619 g/mol. The fourth-order valence-corrected chi connectivity index (χ4v) is 6.12. The number of hydrogen-bond acceptors (Lipinski definition) is 6. The lowest BCUT2D eigenvalue weighted by atomic mass is 9.74. The van der Waals surface area contributed by atoms with Gasteiger partial charge in [0.1, 0.15) is 0 Å². The lowest BCUT2D eigenvalue weighted by Crippen LogP contribution is -2.42. The van der Waals surface area contributed by atoms with E-state index in [0.29, 0.717) is 12.8 Å². The summed E-state index contributed by atoms with van der Waals surface area (Å²) in [6.45, 7) is 4.55. The van der Waals surface area contributed by atoms with E-state index in [1.165, 1.54) is 12.4 Å². The molecule has 0 radical (unpaired) electrons. The topological polar surface area (TPSA) is 115 Å². The number of amides is 1. The summed E-state index contributed by atoms with van der Waals surface area (Å²) in [6, 6.07) is -0.746. The van der Waals surface area contributed by atoms with E-state index in [0.717, 1.165) is 15.8 Å². The largest absolute Gasteiger partial charge is 0.481 e. The van der Waals surface area contributed by atoms with Gasteiger partial charge in [0.15, 0.2) is 11.5 Å². The van der Waals surface area contributed by atoms with Crippen LogP contribution in [0.25, 0.3) is 0 Å². The highest BCUT2D eigenvalue weighted by Crippen LogP contribution is 2.43. The van der Waals surface area contributed by atoms with Gasteiger partial charge in [-0.1, -0.05) is 23.2 Å². The molecule has 3 heterocycles. The fourth-order valence-electron chi connectivity index (χ4n) is 5.55. The van der Waals surface area contributed by atoms with Crippen LogP contribution in [0.15, 0.2) is 18.6 Å². The summed E-state index contributed by atoms with van der Waals surface area (Å²) in [5, 5.41) is 13.4. The number of ether oxygens (including phenoxy) is 1. The molecule has 1 N–H and O–H groups in total. The Hall–Kier alpha value is -2.70. The summed E-state index contributed by atoms with van der Waals surface area (Å²) in [7, 11) is 0. The first-order valence-electron chi connectivity index (χ1n) is 13.2. The van der Waals surface area contributed by atoms with E-state index in [-0.39, 0.29) is 47.8 Å². The first kappa shape index (κ1) is 31.2. The van der Waals surface area contributed by atoms with E-state index in [1.807, 2.05) is 13.8 Å². The Morgan fingerprint density at radius 1 is 1.07 bits per heavy atom. The number of alkyl halides is 3. The molecule has 1 atom stereocenters. The number of carboxylic acids is 1. The van der Waals surface area contributed by atoms with E-state index in [9.17, 15) is 32.7 Å². The predicted octanol–water partition coefficient (Wildman–Crippen LogP) is 6.09. The molecule has 41 heavy (non-hydrogen) atoms. The first-order valence-corrected chi connectivity index (χ1v) is 14.0. The maximum Gasteiger partial charge on any atom is 0.433 e. The Kier molecular flexibility index (Phi) is 8.78. The van der Waals surface area contributed by atoms with Crippen LogP contribution in [0.1, 0.15) is 91.7 Å². The molecule has 1 amide bonds. The lowest BCUT2D eigenvalue weighted by Gasteiger charge is -2.34. The minimum Gasteiger partial charge on any atom is -0.481 e. The molecule has 0 spiro atoms. The van der Waals surface area contributed by atoms with Crippen LogP contribution in [0.5, 0.6) is 0 Å². The number of pyridine rings is 1. The molecule has 2 aromatic heterocycles. The number of carbonyl (C=O) groups is 3. The Morgan fingerprint density at radius 3 is 2.20 bits per heavy atom. The van der Waals surface area contributed by atoms with Crippen molar-refractivity contribution in [1.29, 1.82) is 0 Å². The second kappa shape index (κ2) is 11.5. The van der Waals surface area contributed by atoms with Gasteiger partial charge in [-0.2, -0.15) is 18.3 Å². The minimum atomic E-state index is -4.95. The number of carboxylic acid groups (broad SMARTS) is 1. The molecular weight excluding hydrogens is 588 g/mol. The van der Waals surface area contributed by atoms with Gasteiger partial charge >= 0.3 is 12.1 Å². The summed E-state index contributed by atoms with van der Waals surface area (Å²) < 4.78 is 50.2. The van der Waals surface area contributed by atoms with Crippen molar-refractivity contribution in [3.8, 4) is 0 Å². The van der Waals surface area contributed by atoms with Crippen molar-refractivity contribution in [2.45, 2.75) is 83.2 Å². The fraction of sp³-hybridized carbons (Fsp3) is 0.593. The molecule has 14 heteroatoms. The summed E-state index contributed by atoms with van der Waals surface area (Å²) >= 11 is 12.3. The molecule has 1 aliphatic carbocycles. The molecule has 9 nitrogen and oxygen atoms in total.